The van der Waals surface area contributed by atoms with Crippen LogP contribution in [0.3, 0.4) is 0 Å². The summed E-state index contributed by atoms with van der Waals surface area (Å²) in [6.45, 7) is 0. The molecule has 1 amide bonds. The van der Waals surface area contributed by atoms with Gasteiger partial charge in [-0.15, -0.1) is 12.6 Å². The number of pyridine rings is 1. The van der Waals surface area contributed by atoms with Crippen molar-refractivity contribution in [1.29, 1.82) is 0 Å². The Kier molecular flexibility index (Phi) is 2.17. The van der Waals surface area contributed by atoms with Crippen molar-refractivity contribution in [2.75, 3.05) is 5.32 Å². The number of nitrogens with one attached hydrogen (secondary N) is 1. The van der Waals surface area contributed by atoms with Crippen LogP contribution < -0.4 is 10.1 Å². The largest absolute Gasteiger partial charge is 0.466 e. The van der Waals surface area contributed by atoms with E-state index >= 15 is 0 Å². The number of aromatic nitrogens is 1. The Morgan fingerprint density at radius 3 is 3.15 bits per heavy atom. The summed E-state index contributed by atoms with van der Waals surface area (Å²) in [6.07, 6.45) is 0. The number of thiol groups is 1. The highest BCUT2D eigenvalue weighted by Crippen LogP contribution is 2.29. The summed E-state index contributed by atoms with van der Waals surface area (Å²) in [5, 5.41) is 2.57. The molecule has 0 saturated heterocycles. The Labute approximate surface area is 88.2 Å². The zero-order valence-corrected chi connectivity index (χ0v) is 8.80. The molecule has 1 unspecified atom stereocenters. The van der Waals surface area contributed by atoms with Gasteiger partial charge in [-0.2, -0.15) is 0 Å². The maximum atomic E-state index is 11.1. The first-order valence-electron chi connectivity index (χ1n) is 3.49. The van der Waals surface area contributed by atoms with E-state index in [-0.39, 0.29) is 5.91 Å². The van der Waals surface area contributed by atoms with Crippen LogP contribution in [0, 0.1) is 0 Å². The minimum Gasteiger partial charge on any atom is -0.466 e. The van der Waals surface area contributed by atoms with Crippen LogP contribution in [0.2, 0.25) is 0 Å². The molecule has 0 bridgehead atoms. The van der Waals surface area contributed by atoms with Crippen molar-refractivity contribution in [3.63, 3.8) is 0 Å². The number of carbonyl (C=O) groups excluding carboxylic acids is 1. The summed E-state index contributed by atoms with van der Waals surface area (Å²) < 4.78 is 5.81. The number of ether oxygens (including phenoxy) is 1. The van der Waals surface area contributed by atoms with Crippen LogP contribution in [0.4, 0.5) is 5.82 Å². The van der Waals surface area contributed by atoms with Gasteiger partial charge in [0, 0.05) is 0 Å². The van der Waals surface area contributed by atoms with Crippen molar-refractivity contribution in [2.24, 2.45) is 0 Å². The summed E-state index contributed by atoms with van der Waals surface area (Å²) >= 11 is 7.12. The lowest BCUT2D eigenvalue weighted by Gasteiger charge is -2.21. The highest BCUT2D eigenvalue weighted by Gasteiger charge is 2.25. The SMILES string of the molecule is O=C1Nc2nc(Br)ccc2OC1S. The molecule has 0 saturated carbocycles. The normalized spacial score (nSPS) is 20.2. The van der Waals surface area contributed by atoms with E-state index in [1.807, 2.05) is 0 Å². The van der Waals surface area contributed by atoms with Gasteiger partial charge in [0.2, 0.25) is 5.44 Å². The fraction of sp³-hybridized carbons (Fsp3) is 0.143. The minimum atomic E-state index is -0.754. The standard InChI is InChI=1S/C7H5BrN2O2S/c8-4-2-1-3-5(9-4)10-6(11)7(13)12-3/h1-2,7,13H,(H,9,10,11). The third-order valence-corrected chi connectivity index (χ3v) is 2.31. The average Bonchev–Trinajstić information content (AvgIpc) is 2.08. The van der Waals surface area contributed by atoms with Gasteiger partial charge in [0.25, 0.3) is 5.91 Å². The lowest BCUT2D eigenvalue weighted by Crippen LogP contribution is -2.33. The molecule has 0 aliphatic carbocycles. The van der Waals surface area contributed by atoms with Gasteiger partial charge in [0.05, 0.1) is 0 Å². The Bertz CT molecular complexity index is 372. The number of hydrogen-bond acceptors (Lipinski definition) is 4. The average molecular weight is 261 g/mol. The smallest absolute Gasteiger partial charge is 0.277 e. The molecule has 1 aromatic heterocycles. The monoisotopic (exact) mass is 260 g/mol. The second kappa shape index (κ2) is 3.19. The third-order valence-electron chi connectivity index (χ3n) is 1.53. The molecule has 0 fully saturated rings. The van der Waals surface area contributed by atoms with Crippen LogP contribution in [0.1, 0.15) is 0 Å². The highest BCUT2D eigenvalue weighted by atomic mass is 79.9. The fourth-order valence-corrected chi connectivity index (χ4v) is 1.45. The van der Waals surface area contributed by atoms with E-state index in [1.54, 1.807) is 12.1 Å². The molecule has 2 rings (SSSR count). The van der Waals surface area contributed by atoms with E-state index in [4.69, 9.17) is 4.74 Å². The molecule has 0 aromatic carbocycles. The number of fused-ring (bicyclic) bond motifs is 1. The summed E-state index contributed by atoms with van der Waals surface area (Å²) in [7, 11) is 0. The van der Waals surface area contributed by atoms with E-state index in [0.717, 1.165) is 0 Å². The Hall–Kier alpha value is -0.750. The number of anilines is 1. The molecule has 68 valence electrons. The molecule has 13 heavy (non-hydrogen) atoms. The molecule has 6 heteroatoms. The first kappa shape index (κ1) is 8.83. The van der Waals surface area contributed by atoms with Gasteiger partial charge in [-0.3, -0.25) is 4.79 Å². The second-order valence-electron chi connectivity index (χ2n) is 2.44. The Morgan fingerprint density at radius 1 is 1.62 bits per heavy atom. The predicted molar refractivity (Wildman–Crippen MR) is 54.0 cm³/mol. The molecule has 4 nitrogen and oxygen atoms in total. The van der Waals surface area contributed by atoms with Crippen molar-refractivity contribution in [3.8, 4) is 5.75 Å². The van der Waals surface area contributed by atoms with Gasteiger partial charge < -0.3 is 10.1 Å². The van der Waals surface area contributed by atoms with Crippen molar-refractivity contribution in [3.05, 3.63) is 16.7 Å². The van der Waals surface area contributed by atoms with Crippen LogP contribution in [-0.2, 0) is 4.79 Å². The van der Waals surface area contributed by atoms with Crippen LogP contribution in [0.15, 0.2) is 16.7 Å². The minimum absolute atomic E-state index is 0.304. The number of nitrogens with zero attached hydrogens (tertiary/aromatic N) is 1. The number of rotatable bonds is 0. The van der Waals surface area contributed by atoms with Crippen LogP contribution in [-0.4, -0.2) is 16.3 Å². The van der Waals surface area contributed by atoms with Gasteiger partial charge >= 0.3 is 0 Å². The number of halogens is 1. The fourth-order valence-electron chi connectivity index (χ4n) is 0.959. The Balaban J connectivity index is 2.42. The van der Waals surface area contributed by atoms with Crippen molar-refractivity contribution < 1.29 is 9.53 Å². The van der Waals surface area contributed by atoms with Gasteiger partial charge in [0.15, 0.2) is 11.6 Å². The summed E-state index contributed by atoms with van der Waals surface area (Å²) in [4.78, 5) is 15.1. The van der Waals surface area contributed by atoms with Gasteiger partial charge in [-0.25, -0.2) is 4.98 Å². The molecule has 1 aliphatic heterocycles. The second-order valence-corrected chi connectivity index (χ2v) is 3.72. The maximum absolute atomic E-state index is 11.1. The topological polar surface area (TPSA) is 51.2 Å². The summed E-state index contributed by atoms with van der Waals surface area (Å²) in [5.74, 6) is 0.647. The van der Waals surface area contributed by atoms with E-state index in [9.17, 15) is 4.79 Å². The quantitative estimate of drug-likeness (QED) is 0.548. The number of hydrogen-bond donors (Lipinski definition) is 2. The first-order chi connectivity index (χ1) is 6.16. The van der Waals surface area contributed by atoms with E-state index in [2.05, 4.69) is 38.9 Å². The molecule has 0 spiro atoms. The van der Waals surface area contributed by atoms with Gasteiger partial charge in [0.1, 0.15) is 4.60 Å². The number of amides is 1. The van der Waals surface area contributed by atoms with Gasteiger partial charge in [-0.1, -0.05) is 0 Å². The molecular weight excluding hydrogens is 256 g/mol. The molecule has 1 aromatic rings. The lowest BCUT2D eigenvalue weighted by atomic mass is 10.4. The lowest BCUT2D eigenvalue weighted by molar-refractivity contribution is -0.120. The van der Waals surface area contributed by atoms with E-state index in [0.29, 0.717) is 16.2 Å². The zero-order valence-electron chi connectivity index (χ0n) is 6.32. The maximum Gasteiger partial charge on any atom is 0.277 e. The summed E-state index contributed by atoms with van der Waals surface area (Å²) in [5.41, 5.74) is -0.754. The third kappa shape index (κ3) is 1.64. The van der Waals surface area contributed by atoms with Crippen molar-refractivity contribution in [1.82, 2.24) is 4.98 Å². The van der Waals surface area contributed by atoms with Crippen molar-refractivity contribution in [2.45, 2.75) is 5.44 Å². The van der Waals surface area contributed by atoms with E-state index < -0.39 is 5.44 Å². The van der Waals surface area contributed by atoms with Crippen LogP contribution >= 0.6 is 28.6 Å². The van der Waals surface area contributed by atoms with Crippen LogP contribution in [0.5, 0.6) is 5.75 Å². The molecule has 2 heterocycles. The molecule has 0 radical (unpaired) electrons. The van der Waals surface area contributed by atoms with Crippen molar-refractivity contribution >= 4 is 40.3 Å². The first-order valence-corrected chi connectivity index (χ1v) is 4.80. The van der Waals surface area contributed by atoms with E-state index in [1.165, 1.54) is 0 Å². The van der Waals surface area contributed by atoms with Crippen LogP contribution in [0.25, 0.3) is 0 Å². The predicted octanol–water partition coefficient (Wildman–Crippen LogP) is 1.43. The number of carbonyl (C=O) groups is 1. The molecular formula is C7H5BrN2O2S. The molecule has 1 atom stereocenters. The summed E-state index contributed by atoms with van der Waals surface area (Å²) in [6, 6.07) is 3.45. The van der Waals surface area contributed by atoms with Gasteiger partial charge in [-0.05, 0) is 28.1 Å². The highest BCUT2D eigenvalue weighted by molar-refractivity contribution is 9.10. The Morgan fingerprint density at radius 2 is 2.38 bits per heavy atom. The molecule has 1 N–H and O–H groups in total. The molecule has 1 aliphatic rings. The zero-order chi connectivity index (χ0) is 9.42.